The van der Waals surface area contributed by atoms with Crippen molar-refractivity contribution >= 4 is 35.6 Å². The maximum atomic E-state index is 4.67. The zero-order valence-corrected chi connectivity index (χ0v) is 14.8. The second kappa shape index (κ2) is 7.11. The van der Waals surface area contributed by atoms with Crippen LogP contribution in [0.25, 0.3) is 5.65 Å². The summed E-state index contributed by atoms with van der Waals surface area (Å²) >= 11 is 0. The molecule has 0 saturated heterocycles. The second-order valence-corrected chi connectivity index (χ2v) is 5.32. The molecule has 1 aliphatic rings. The Kier molecular flexibility index (Phi) is 5.44. The van der Waals surface area contributed by atoms with Gasteiger partial charge < -0.3 is 15.0 Å². The molecule has 0 aliphatic heterocycles. The Bertz CT molecular complexity index is 630. The molecule has 1 saturated carbocycles. The summed E-state index contributed by atoms with van der Waals surface area (Å²) in [6.45, 7) is 2.93. The van der Waals surface area contributed by atoms with Crippen molar-refractivity contribution in [3.8, 4) is 0 Å². The third kappa shape index (κ3) is 4.09. The van der Waals surface area contributed by atoms with Crippen LogP contribution in [-0.2, 0) is 6.42 Å². The highest BCUT2D eigenvalue weighted by Crippen LogP contribution is 2.18. The van der Waals surface area contributed by atoms with E-state index in [1.165, 1.54) is 18.4 Å². The summed E-state index contributed by atoms with van der Waals surface area (Å²) in [5.41, 5.74) is 3.36. The first-order valence-electron chi connectivity index (χ1n) is 7.16. The number of fused-ring (bicyclic) bond motifs is 1. The molecule has 0 unspecified atom stereocenters. The van der Waals surface area contributed by atoms with Crippen LogP contribution in [0, 0.1) is 6.92 Å². The molecule has 21 heavy (non-hydrogen) atoms. The van der Waals surface area contributed by atoms with Gasteiger partial charge in [-0.05, 0) is 31.4 Å². The van der Waals surface area contributed by atoms with Gasteiger partial charge in [-0.3, -0.25) is 4.99 Å². The summed E-state index contributed by atoms with van der Waals surface area (Å²) in [6.07, 6.45) is 7.55. The van der Waals surface area contributed by atoms with E-state index in [0.717, 1.165) is 30.3 Å². The van der Waals surface area contributed by atoms with Crippen molar-refractivity contribution in [1.82, 2.24) is 20.0 Å². The zero-order chi connectivity index (χ0) is 13.9. The number of nitrogens with one attached hydrogen (secondary N) is 2. The van der Waals surface area contributed by atoms with E-state index in [-0.39, 0.29) is 24.0 Å². The lowest BCUT2D eigenvalue weighted by Gasteiger charge is -2.09. The second-order valence-electron chi connectivity index (χ2n) is 5.32. The summed E-state index contributed by atoms with van der Waals surface area (Å²) in [7, 11) is 1.81. The summed E-state index contributed by atoms with van der Waals surface area (Å²) in [5.74, 6) is 0.896. The molecule has 0 radical (unpaired) electrons. The molecule has 0 aromatic carbocycles. The van der Waals surface area contributed by atoms with Crippen molar-refractivity contribution < 1.29 is 0 Å². The van der Waals surface area contributed by atoms with Crippen molar-refractivity contribution in [2.24, 2.45) is 4.99 Å². The fourth-order valence-electron chi connectivity index (χ4n) is 2.25. The normalized spacial score (nSPS) is 14.9. The van der Waals surface area contributed by atoms with Crippen LogP contribution in [0.5, 0.6) is 0 Å². The molecule has 0 bridgehead atoms. The molecule has 3 rings (SSSR count). The van der Waals surface area contributed by atoms with E-state index in [4.69, 9.17) is 0 Å². The highest BCUT2D eigenvalue weighted by atomic mass is 127. The minimum atomic E-state index is 0. The number of hydrogen-bond donors (Lipinski definition) is 2. The van der Waals surface area contributed by atoms with Gasteiger partial charge in [-0.25, -0.2) is 4.98 Å². The van der Waals surface area contributed by atoms with E-state index in [9.17, 15) is 0 Å². The molecule has 2 aromatic rings. The standard InChI is InChI=1S/C15H21N5.HI/c1-11-4-3-9-20-10-13(18-14(11)20)7-8-17-15(16-2)19-12-5-6-12;/h3-4,9-10,12H,5-8H2,1-2H3,(H2,16,17,19);1H. The molecular formula is C15H22IN5. The molecule has 0 amide bonds. The van der Waals surface area contributed by atoms with E-state index in [1.54, 1.807) is 0 Å². The monoisotopic (exact) mass is 399 g/mol. The van der Waals surface area contributed by atoms with Crippen LogP contribution in [0.1, 0.15) is 24.1 Å². The third-order valence-electron chi connectivity index (χ3n) is 3.54. The zero-order valence-electron chi connectivity index (χ0n) is 12.5. The lowest BCUT2D eigenvalue weighted by Crippen LogP contribution is -2.39. The SMILES string of the molecule is CN=C(NCCc1cn2cccc(C)c2n1)NC1CC1.I. The predicted octanol–water partition coefficient (Wildman–Crippen LogP) is 2.13. The van der Waals surface area contributed by atoms with Crippen LogP contribution in [0.15, 0.2) is 29.5 Å². The van der Waals surface area contributed by atoms with Gasteiger partial charge in [0.1, 0.15) is 5.65 Å². The Labute approximate surface area is 142 Å². The number of aryl methyl sites for hydroxylation is 1. The van der Waals surface area contributed by atoms with Crippen molar-refractivity contribution in [3.05, 3.63) is 35.8 Å². The molecule has 0 atom stereocenters. The van der Waals surface area contributed by atoms with Gasteiger partial charge in [-0.1, -0.05) is 6.07 Å². The van der Waals surface area contributed by atoms with Crippen molar-refractivity contribution in [2.75, 3.05) is 13.6 Å². The minimum Gasteiger partial charge on any atom is -0.356 e. The van der Waals surface area contributed by atoms with Crippen LogP contribution >= 0.6 is 24.0 Å². The Morgan fingerprint density at radius 1 is 1.48 bits per heavy atom. The molecule has 2 N–H and O–H groups in total. The fourth-order valence-corrected chi connectivity index (χ4v) is 2.25. The molecule has 5 nitrogen and oxygen atoms in total. The maximum absolute atomic E-state index is 4.67. The van der Waals surface area contributed by atoms with Crippen LogP contribution in [0.2, 0.25) is 0 Å². The molecule has 1 aliphatic carbocycles. The smallest absolute Gasteiger partial charge is 0.191 e. The van der Waals surface area contributed by atoms with Crippen molar-refractivity contribution in [3.63, 3.8) is 0 Å². The Balaban J connectivity index is 0.00000161. The van der Waals surface area contributed by atoms with Gasteiger partial charge in [0.25, 0.3) is 0 Å². The maximum Gasteiger partial charge on any atom is 0.191 e. The average molecular weight is 399 g/mol. The number of pyridine rings is 1. The van der Waals surface area contributed by atoms with Gasteiger partial charge in [-0.2, -0.15) is 0 Å². The predicted molar refractivity (Wildman–Crippen MR) is 96.6 cm³/mol. The molecular weight excluding hydrogens is 377 g/mol. The van der Waals surface area contributed by atoms with Crippen LogP contribution in [0.4, 0.5) is 0 Å². The van der Waals surface area contributed by atoms with E-state index >= 15 is 0 Å². The first-order valence-corrected chi connectivity index (χ1v) is 7.16. The van der Waals surface area contributed by atoms with E-state index in [1.807, 2.05) is 19.3 Å². The van der Waals surface area contributed by atoms with Gasteiger partial charge in [0, 0.05) is 38.4 Å². The molecule has 6 heteroatoms. The van der Waals surface area contributed by atoms with E-state index < -0.39 is 0 Å². The molecule has 114 valence electrons. The lowest BCUT2D eigenvalue weighted by atomic mass is 10.3. The quantitative estimate of drug-likeness (QED) is 0.471. The molecule has 2 aromatic heterocycles. The number of halogens is 1. The van der Waals surface area contributed by atoms with Crippen LogP contribution in [-0.4, -0.2) is 35.0 Å². The fraction of sp³-hybridized carbons (Fsp3) is 0.467. The Hall–Kier alpha value is -1.31. The third-order valence-corrected chi connectivity index (χ3v) is 3.54. The van der Waals surface area contributed by atoms with E-state index in [0.29, 0.717) is 6.04 Å². The first-order chi connectivity index (χ1) is 9.76. The number of rotatable bonds is 4. The Morgan fingerprint density at radius 3 is 2.95 bits per heavy atom. The van der Waals surface area contributed by atoms with Gasteiger partial charge in [0.2, 0.25) is 0 Å². The highest BCUT2D eigenvalue weighted by molar-refractivity contribution is 14.0. The summed E-state index contributed by atoms with van der Waals surface area (Å²) in [4.78, 5) is 8.90. The van der Waals surface area contributed by atoms with Crippen LogP contribution in [0.3, 0.4) is 0 Å². The number of hydrogen-bond acceptors (Lipinski definition) is 2. The largest absolute Gasteiger partial charge is 0.356 e. The topological polar surface area (TPSA) is 53.7 Å². The molecule has 1 fully saturated rings. The Morgan fingerprint density at radius 2 is 2.29 bits per heavy atom. The number of aliphatic imine (C=N–C) groups is 1. The van der Waals surface area contributed by atoms with Crippen molar-refractivity contribution in [2.45, 2.75) is 32.2 Å². The summed E-state index contributed by atoms with van der Waals surface area (Å²) in [6, 6.07) is 4.76. The first kappa shape index (κ1) is 16.1. The van der Waals surface area contributed by atoms with Gasteiger partial charge in [-0.15, -0.1) is 24.0 Å². The number of imidazole rings is 1. The number of guanidine groups is 1. The average Bonchev–Trinajstić information content (AvgIpc) is 3.15. The lowest BCUT2D eigenvalue weighted by molar-refractivity contribution is 0.784. The van der Waals surface area contributed by atoms with Gasteiger partial charge >= 0.3 is 0 Å². The molecule has 2 heterocycles. The van der Waals surface area contributed by atoms with Gasteiger partial charge in [0.05, 0.1) is 5.69 Å². The minimum absolute atomic E-state index is 0. The number of aromatic nitrogens is 2. The van der Waals surface area contributed by atoms with Crippen molar-refractivity contribution in [1.29, 1.82) is 0 Å². The molecule has 0 spiro atoms. The van der Waals surface area contributed by atoms with Gasteiger partial charge in [0.15, 0.2) is 5.96 Å². The number of nitrogens with zero attached hydrogens (tertiary/aromatic N) is 3. The van der Waals surface area contributed by atoms with E-state index in [2.05, 4.69) is 44.2 Å². The summed E-state index contributed by atoms with van der Waals surface area (Å²) in [5, 5.41) is 6.71. The van der Waals surface area contributed by atoms with Crippen LogP contribution < -0.4 is 10.6 Å². The summed E-state index contributed by atoms with van der Waals surface area (Å²) < 4.78 is 2.09. The highest BCUT2D eigenvalue weighted by Gasteiger charge is 2.21.